The molecule has 0 aliphatic heterocycles. The summed E-state index contributed by atoms with van der Waals surface area (Å²) in [6, 6.07) is 0. The lowest BCUT2D eigenvalue weighted by atomic mass is 9.34. The molecule has 0 amide bonds. The summed E-state index contributed by atoms with van der Waals surface area (Å²) in [7, 11) is 0. The van der Waals surface area contributed by atoms with E-state index in [2.05, 4.69) is 55.4 Å². The van der Waals surface area contributed by atoms with Crippen molar-refractivity contribution in [2.24, 2.45) is 44.3 Å². The number of allylic oxidation sites excluding steroid dienone is 2. The van der Waals surface area contributed by atoms with Crippen LogP contribution >= 0.6 is 0 Å². The lowest BCUT2D eigenvalue weighted by Crippen LogP contribution is -2.63. The van der Waals surface area contributed by atoms with Gasteiger partial charge in [0.05, 0.1) is 0 Å². The molecule has 1 nitrogen and oxygen atoms in total. The molecule has 0 aromatic carbocycles. The molecule has 5 aliphatic carbocycles. The fraction of sp³-hybridized carbons (Fsp3) is 0.900. The number of Topliss-reactive ketones (excluding diaryl/α,β-unsaturated/α-hetero) is 1. The van der Waals surface area contributed by atoms with Gasteiger partial charge in [-0.25, -0.2) is 0 Å². The Hall–Kier alpha value is -0.590. The van der Waals surface area contributed by atoms with Crippen molar-refractivity contribution in [3.05, 3.63) is 11.1 Å². The Morgan fingerprint density at radius 1 is 0.677 bits per heavy atom. The van der Waals surface area contributed by atoms with E-state index < -0.39 is 0 Å². The smallest absolute Gasteiger partial charge is 0.138 e. The molecule has 3 unspecified atom stereocenters. The van der Waals surface area contributed by atoms with Crippen LogP contribution in [0.5, 0.6) is 0 Å². The van der Waals surface area contributed by atoms with Crippen molar-refractivity contribution < 1.29 is 4.79 Å². The zero-order chi connectivity index (χ0) is 22.7. The van der Waals surface area contributed by atoms with Crippen LogP contribution in [0, 0.1) is 44.3 Å². The van der Waals surface area contributed by atoms with E-state index in [0.29, 0.717) is 38.8 Å². The lowest BCUT2D eigenvalue weighted by Gasteiger charge is -2.70. The summed E-state index contributed by atoms with van der Waals surface area (Å²) in [5, 5.41) is 0. The summed E-state index contributed by atoms with van der Waals surface area (Å²) >= 11 is 0. The van der Waals surface area contributed by atoms with E-state index >= 15 is 0 Å². The van der Waals surface area contributed by atoms with Crippen molar-refractivity contribution in [1.29, 1.82) is 0 Å². The first-order valence-corrected chi connectivity index (χ1v) is 13.5. The summed E-state index contributed by atoms with van der Waals surface area (Å²) in [6.45, 7) is 20.1. The molecular formula is C30H48O. The van der Waals surface area contributed by atoms with Crippen LogP contribution in [0.1, 0.15) is 126 Å². The van der Waals surface area contributed by atoms with Gasteiger partial charge in [-0.05, 0) is 103 Å². The predicted molar refractivity (Wildman–Crippen MR) is 130 cm³/mol. The van der Waals surface area contributed by atoms with Crippen molar-refractivity contribution >= 4 is 5.78 Å². The summed E-state index contributed by atoms with van der Waals surface area (Å²) in [6.07, 6.45) is 14.1. The van der Waals surface area contributed by atoms with Gasteiger partial charge in [0.15, 0.2) is 0 Å². The van der Waals surface area contributed by atoms with Crippen LogP contribution in [0.2, 0.25) is 0 Å². The number of carbonyl (C=O) groups excluding carboxylic acids is 1. The predicted octanol–water partition coefficient (Wildman–Crippen LogP) is 8.52. The molecule has 5 rings (SSSR count). The summed E-state index contributed by atoms with van der Waals surface area (Å²) in [5.41, 5.74) is 5.67. The van der Waals surface area contributed by atoms with E-state index in [1.165, 1.54) is 57.8 Å². The number of carbonyl (C=O) groups is 1. The molecule has 6 atom stereocenters. The zero-order valence-corrected chi connectivity index (χ0v) is 21.8. The van der Waals surface area contributed by atoms with Crippen molar-refractivity contribution in [2.75, 3.05) is 0 Å². The lowest BCUT2D eigenvalue weighted by molar-refractivity contribution is -0.184. The van der Waals surface area contributed by atoms with Gasteiger partial charge in [-0.2, -0.15) is 0 Å². The van der Waals surface area contributed by atoms with Crippen LogP contribution in [0.25, 0.3) is 0 Å². The molecule has 0 bridgehead atoms. The molecule has 1 heteroatoms. The molecule has 0 N–H and O–H groups in total. The first kappa shape index (κ1) is 22.2. The maximum absolute atomic E-state index is 12.9. The highest BCUT2D eigenvalue weighted by atomic mass is 16.1. The highest BCUT2D eigenvalue weighted by molar-refractivity contribution is 5.85. The van der Waals surface area contributed by atoms with Gasteiger partial charge >= 0.3 is 0 Å². The Bertz CT molecular complexity index is 844. The maximum Gasteiger partial charge on any atom is 0.138 e. The average Bonchev–Trinajstić information content (AvgIpc) is 2.67. The SMILES string of the molecule is CC1(C)CC[C@]2(C)CCC3(C)C(=C2C1)CCC1[C@@]2(C)CCC(=O)C(C)(C)C2CC[C@]13C. The third-order valence-corrected chi connectivity index (χ3v) is 12.7. The van der Waals surface area contributed by atoms with E-state index in [-0.39, 0.29) is 5.41 Å². The molecule has 0 saturated heterocycles. The van der Waals surface area contributed by atoms with Gasteiger partial charge < -0.3 is 0 Å². The minimum atomic E-state index is -0.132. The number of ketones is 1. The number of hydrogen-bond acceptors (Lipinski definition) is 1. The van der Waals surface area contributed by atoms with E-state index in [0.717, 1.165) is 18.8 Å². The Morgan fingerprint density at radius 3 is 2.06 bits per heavy atom. The molecule has 0 spiro atoms. The van der Waals surface area contributed by atoms with Gasteiger partial charge in [-0.15, -0.1) is 0 Å². The highest BCUT2D eigenvalue weighted by Gasteiger charge is 2.67. The van der Waals surface area contributed by atoms with Crippen molar-refractivity contribution in [3.8, 4) is 0 Å². The maximum atomic E-state index is 12.9. The van der Waals surface area contributed by atoms with Gasteiger partial charge in [0.1, 0.15) is 5.78 Å². The van der Waals surface area contributed by atoms with Gasteiger partial charge in [-0.3, -0.25) is 4.79 Å². The van der Waals surface area contributed by atoms with Gasteiger partial charge in [0.2, 0.25) is 0 Å². The van der Waals surface area contributed by atoms with Crippen molar-refractivity contribution in [1.82, 2.24) is 0 Å². The van der Waals surface area contributed by atoms with Crippen LogP contribution in [0.4, 0.5) is 0 Å². The molecule has 0 heterocycles. The largest absolute Gasteiger partial charge is 0.299 e. The third-order valence-electron chi connectivity index (χ3n) is 12.7. The van der Waals surface area contributed by atoms with E-state index in [4.69, 9.17) is 0 Å². The van der Waals surface area contributed by atoms with Crippen molar-refractivity contribution in [3.63, 3.8) is 0 Å². The Morgan fingerprint density at radius 2 is 1.35 bits per heavy atom. The van der Waals surface area contributed by atoms with Gasteiger partial charge in [-0.1, -0.05) is 66.5 Å². The third kappa shape index (κ3) is 2.70. The fourth-order valence-corrected chi connectivity index (χ4v) is 10.3. The molecule has 4 saturated carbocycles. The number of rotatable bonds is 0. The Labute approximate surface area is 192 Å². The van der Waals surface area contributed by atoms with Crippen LogP contribution in [-0.4, -0.2) is 5.78 Å². The summed E-state index contributed by atoms with van der Waals surface area (Å²) in [5.74, 6) is 1.86. The second-order valence-corrected chi connectivity index (χ2v) is 14.9. The number of fused-ring (bicyclic) bond motifs is 6. The Kier molecular flexibility index (Phi) is 4.51. The van der Waals surface area contributed by atoms with Crippen LogP contribution in [-0.2, 0) is 4.79 Å². The second-order valence-electron chi connectivity index (χ2n) is 14.9. The van der Waals surface area contributed by atoms with Gasteiger partial charge in [0.25, 0.3) is 0 Å². The minimum Gasteiger partial charge on any atom is -0.299 e. The van der Waals surface area contributed by atoms with E-state index in [1.807, 2.05) is 11.1 Å². The topological polar surface area (TPSA) is 17.1 Å². The average molecular weight is 425 g/mol. The number of hydrogen-bond donors (Lipinski definition) is 0. The molecule has 4 fully saturated rings. The molecule has 0 radical (unpaired) electrons. The quantitative estimate of drug-likeness (QED) is 0.356. The first-order chi connectivity index (χ1) is 14.2. The fourth-order valence-electron chi connectivity index (χ4n) is 10.3. The molecule has 0 aromatic heterocycles. The highest BCUT2D eigenvalue weighted by Crippen LogP contribution is 2.75. The first-order valence-electron chi connectivity index (χ1n) is 13.5. The molecule has 174 valence electrons. The summed E-state index contributed by atoms with van der Waals surface area (Å²) in [4.78, 5) is 12.9. The van der Waals surface area contributed by atoms with Crippen LogP contribution in [0.3, 0.4) is 0 Å². The minimum absolute atomic E-state index is 0.132. The Balaban J connectivity index is 1.60. The van der Waals surface area contributed by atoms with E-state index in [1.54, 1.807) is 0 Å². The normalized spacial score (nSPS) is 50.8. The van der Waals surface area contributed by atoms with Crippen LogP contribution in [0.15, 0.2) is 11.1 Å². The molecule has 0 aromatic rings. The molecule has 5 aliphatic rings. The summed E-state index contributed by atoms with van der Waals surface area (Å²) < 4.78 is 0. The van der Waals surface area contributed by atoms with E-state index in [9.17, 15) is 4.79 Å². The monoisotopic (exact) mass is 424 g/mol. The zero-order valence-electron chi connectivity index (χ0n) is 21.8. The molecule has 31 heavy (non-hydrogen) atoms. The second kappa shape index (κ2) is 6.29. The van der Waals surface area contributed by atoms with Crippen molar-refractivity contribution in [2.45, 2.75) is 126 Å². The molecular weight excluding hydrogens is 376 g/mol. The van der Waals surface area contributed by atoms with Crippen LogP contribution < -0.4 is 0 Å². The van der Waals surface area contributed by atoms with Gasteiger partial charge in [0, 0.05) is 11.8 Å². The standard InChI is InChI=1S/C30H48O/c1-25(2)15-16-27(5)17-18-29(7)20(21(27)19-25)9-10-23-28(6)13-12-24(31)26(3,4)22(28)11-14-30(23,29)8/h22-23H,9-19H2,1-8H3/t22?,23?,27-,28+,29?,30-/m1/s1.